The summed E-state index contributed by atoms with van der Waals surface area (Å²) in [5, 5.41) is 8.91. The molecule has 0 radical (unpaired) electrons. The summed E-state index contributed by atoms with van der Waals surface area (Å²) in [6, 6.07) is 5.99. The fourth-order valence-corrected chi connectivity index (χ4v) is 1.18. The van der Waals surface area contributed by atoms with Crippen LogP contribution >= 0.6 is 0 Å². The lowest BCUT2D eigenvalue weighted by Gasteiger charge is -2.19. The van der Waals surface area contributed by atoms with Gasteiger partial charge in [0.1, 0.15) is 5.60 Å². The summed E-state index contributed by atoms with van der Waals surface area (Å²) in [4.78, 5) is 22.6. The number of carboxylic acid groups (broad SMARTS) is 1. The first-order chi connectivity index (χ1) is 7.31. The van der Waals surface area contributed by atoms with Crippen LogP contribution in [0.3, 0.4) is 0 Å². The number of benzene rings is 1. The molecule has 1 N–H and O–H groups in total. The molecule has 0 saturated carbocycles. The Labute approximate surface area is 93.9 Å². The highest BCUT2D eigenvalue weighted by Gasteiger charge is 2.22. The Morgan fingerprint density at radius 2 is 1.62 bits per heavy atom. The summed E-state index contributed by atoms with van der Waals surface area (Å²) in [6.45, 7) is 5.19. The van der Waals surface area contributed by atoms with Crippen LogP contribution in [0, 0.1) is 0 Å². The van der Waals surface area contributed by atoms with Crippen LogP contribution in [0.1, 0.15) is 41.5 Å². The van der Waals surface area contributed by atoms with Gasteiger partial charge in [-0.25, -0.2) is 9.59 Å². The van der Waals surface area contributed by atoms with Crippen LogP contribution in [-0.2, 0) is 4.74 Å². The zero-order chi connectivity index (χ0) is 12.3. The van der Waals surface area contributed by atoms with E-state index in [1.54, 1.807) is 32.9 Å². The molecule has 0 aliphatic carbocycles. The van der Waals surface area contributed by atoms with Crippen molar-refractivity contribution in [2.45, 2.75) is 26.4 Å². The van der Waals surface area contributed by atoms with Crippen molar-refractivity contribution >= 4 is 11.9 Å². The number of aromatic carboxylic acids is 1. The third-order valence-electron chi connectivity index (χ3n) is 1.78. The summed E-state index contributed by atoms with van der Waals surface area (Å²) in [6.07, 6.45) is 0. The number of esters is 1. The second-order valence-electron chi connectivity index (χ2n) is 4.35. The lowest BCUT2D eigenvalue weighted by atomic mass is 10.1. The Hall–Kier alpha value is -1.84. The third kappa shape index (κ3) is 3.08. The smallest absolute Gasteiger partial charge is 0.339 e. The molecule has 1 aromatic carbocycles. The van der Waals surface area contributed by atoms with Gasteiger partial charge in [0.05, 0.1) is 11.1 Å². The predicted octanol–water partition coefficient (Wildman–Crippen LogP) is 2.34. The molecular formula is C12H14O4. The van der Waals surface area contributed by atoms with E-state index in [2.05, 4.69) is 0 Å². The van der Waals surface area contributed by atoms with Crippen LogP contribution in [0.5, 0.6) is 0 Å². The predicted molar refractivity (Wildman–Crippen MR) is 58.6 cm³/mol. The van der Waals surface area contributed by atoms with E-state index in [4.69, 9.17) is 9.84 Å². The summed E-state index contributed by atoms with van der Waals surface area (Å²) in [5.41, 5.74) is -0.607. The molecule has 4 nitrogen and oxygen atoms in total. The quantitative estimate of drug-likeness (QED) is 0.780. The van der Waals surface area contributed by atoms with Crippen LogP contribution in [0.2, 0.25) is 0 Å². The van der Waals surface area contributed by atoms with E-state index in [0.717, 1.165) is 0 Å². The molecule has 0 aliphatic rings. The molecule has 16 heavy (non-hydrogen) atoms. The fraction of sp³-hybridized carbons (Fsp3) is 0.333. The normalized spacial score (nSPS) is 10.9. The Balaban J connectivity index is 3.04. The zero-order valence-corrected chi connectivity index (χ0v) is 9.48. The first kappa shape index (κ1) is 12.2. The van der Waals surface area contributed by atoms with Crippen LogP contribution in [0.25, 0.3) is 0 Å². The number of hydrogen-bond donors (Lipinski definition) is 1. The van der Waals surface area contributed by atoms with Crippen molar-refractivity contribution in [1.29, 1.82) is 0 Å². The van der Waals surface area contributed by atoms with E-state index in [9.17, 15) is 9.59 Å². The highest BCUT2D eigenvalue weighted by molar-refractivity contribution is 6.02. The maximum atomic E-state index is 11.7. The molecule has 0 aromatic heterocycles. The monoisotopic (exact) mass is 222 g/mol. The van der Waals surface area contributed by atoms with E-state index < -0.39 is 17.5 Å². The van der Waals surface area contributed by atoms with E-state index in [1.807, 2.05) is 0 Å². The van der Waals surface area contributed by atoms with Gasteiger partial charge in [0.25, 0.3) is 0 Å². The molecular weight excluding hydrogens is 208 g/mol. The molecule has 86 valence electrons. The van der Waals surface area contributed by atoms with Gasteiger partial charge in [-0.2, -0.15) is 0 Å². The minimum Gasteiger partial charge on any atom is -0.478 e. The summed E-state index contributed by atoms with van der Waals surface area (Å²) in [7, 11) is 0. The first-order valence-electron chi connectivity index (χ1n) is 4.87. The topological polar surface area (TPSA) is 63.6 Å². The number of ether oxygens (including phenoxy) is 1. The molecule has 4 heteroatoms. The van der Waals surface area contributed by atoms with Gasteiger partial charge >= 0.3 is 11.9 Å². The lowest BCUT2D eigenvalue weighted by molar-refractivity contribution is 0.00659. The van der Waals surface area contributed by atoms with Crippen molar-refractivity contribution in [1.82, 2.24) is 0 Å². The molecule has 0 spiro atoms. The minimum atomic E-state index is -1.14. The van der Waals surface area contributed by atoms with Gasteiger partial charge in [-0.05, 0) is 32.9 Å². The average molecular weight is 222 g/mol. The van der Waals surface area contributed by atoms with Crippen molar-refractivity contribution in [3.05, 3.63) is 35.4 Å². The van der Waals surface area contributed by atoms with E-state index in [1.165, 1.54) is 12.1 Å². The molecule has 0 amide bonds. The summed E-state index contributed by atoms with van der Waals surface area (Å²) < 4.78 is 5.11. The zero-order valence-electron chi connectivity index (χ0n) is 9.48. The molecule has 1 aromatic rings. The Kier molecular flexibility index (Phi) is 3.32. The van der Waals surface area contributed by atoms with E-state index in [0.29, 0.717) is 0 Å². The van der Waals surface area contributed by atoms with Crippen molar-refractivity contribution in [2.75, 3.05) is 0 Å². The maximum Gasteiger partial charge on any atom is 0.339 e. The molecule has 0 heterocycles. The van der Waals surface area contributed by atoms with Gasteiger partial charge in [-0.3, -0.25) is 0 Å². The van der Waals surface area contributed by atoms with Crippen LogP contribution in [-0.4, -0.2) is 22.6 Å². The van der Waals surface area contributed by atoms with Crippen molar-refractivity contribution in [3.8, 4) is 0 Å². The number of carbonyl (C=O) groups excluding carboxylic acids is 1. The van der Waals surface area contributed by atoms with Gasteiger partial charge in [-0.1, -0.05) is 12.1 Å². The van der Waals surface area contributed by atoms with Gasteiger partial charge in [0.2, 0.25) is 0 Å². The van der Waals surface area contributed by atoms with Gasteiger partial charge in [0, 0.05) is 0 Å². The SMILES string of the molecule is CC(C)(C)OC(=O)c1ccccc1C(=O)O. The standard InChI is InChI=1S/C12H14O4/c1-12(2,3)16-11(15)9-7-5-4-6-8(9)10(13)14/h4-7H,1-3H3,(H,13,14). The largest absolute Gasteiger partial charge is 0.478 e. The molecule has 1 rings (SSSR count). The summed E-state index contributed by atoms with van der Waals surface area (Å²) >= 11 is 0. The van der Waals surface area contributed by atoms with Crippen molar-refractivity contribution in [2.24, 2.45) is 0 Å². The first-order valence-corrected chi connectivity index (χ1v) is 4.87. The van der Waals surface area contributed by atoms with Crippen molar-refractivity contribution < 1.29 is 19.4 Å². The summed E-state index contributed by atoms with van der Waals surface area (Å²) in [5.74, 6) is -1.76. The molecule has 0 fully saturated rings. The molecule has 0 unspecified atom stereocenters. The second-order valence-corrected chi connectivity index (χ2v) is 4.35. The van der Waals surface area contributed by atoms with Crippen LogP contribution in [0.4, 0.5) is 0 Å². The molecule has 0 aliphatic heterocycles. The number of hydrogen-bond acceptors (Lipinski definition) is 3. The Morgan fingerprint density at radius 3 is 2.06 bits per heavy atom. The van der Waals surface area contributed by atoms with Crippen molar-refractivity contribution in [3.63, 3.8) is 0 Å². The third-order valence-corrected chi connectivity index (χ3v) is 1.78. The van der Waals surface area contributed by atoms with Crippen LogP contribution < -0.4 is 0 Å². The highest BCUT2D eigenvalue weighted by atomic mass is 16.6. The number of rotatable bonds is 2. The Bertz CT molecular complexity index is 415. The van der Waals surface area contributed by atoms with Gasteiger partial charge < -0.3 is 9.84 Å². The lowest BCUT2D eigenvalue weighted by Crippen LogP contribution is -2.25. The molecule has 0 saturated heterocycles. The number of carbonyl (C=O) groups is 2. The minimum absolute atomic E-state index is 0.0447. The molecule has 0 atom stereocenters. The Morgan fingerprint density at radius 1 is 1.12 bits per heavy atom. The van der Waals surface area contributed by atoms with Gasteiger partial charge in [0.15, 0.2) is 0 Å². The van der Waals surface area contributed by atoms with E-state index in [-0.39, 0.29) is 11.1 Å². The average Bonchev–Trinajstić information content (AvgIpc) is 2.15. The van der Waals surface area contributed by atoms with Gasteiger partial charge in [-0.15, -0.1) is 0 Å². The van der Waals surface area contributed by atoms with E-state index >= 15 is 0 Å². The second kappa shape index (κ2) is 4.35. The van der Waals surface area contributed by atoms with Crippen LogP contribution in [0.15, 0.2) is 24.3 Å². The highest BCUT2D eigenvalue weighted by Crippen LogP contribution is 2.15. The molecule has 0 bridgehead atoms. The number of carboxylic acids is 1. The fourth-order valence-electron chi connectivity index (χ4n) is 1.18. The maximum absolute atomic E-state index is 11.7.